The van der Waals surface area contributed by atoms with Crippen LogP contribution in [-0.2, 0) is 4.79 Å². The zero-order valence-corrected chi connectivity index (χ0v) is 13.8. The lowest BCUT2D eigenvalue weighted by atomic mass is 10.2. The number of anilines is 1. The summed E-state index contributed by atoms with van der Waals surface area (Å²) in [5.74, 6) is -0.113. The fraction of sp³-hybridized carbons (Fsp3) is 0.529. The van der Waals surface area contributed by atoms with Crippen LogP contribution in [0.15, 0.2) is 24.3 Å². The zero-order chi connectivity index (χ0) is 16.4. The highest BCUT2D eigenvalue weighted by Crippen LogP contribution is 2.09. The van der Waals surface area contributed by atoms with Gasteiger partial charge < -0.3 is 10.6 Å². The molecule has 0 aromatic heterocycles. The molecule has 22 heavy (non-hydrogen) atoms. The Hall–Kier alpha value is -1.88. The summed E-state index contributed by atoms with van der Waals surface area (Å²) >= 11 is 0. The molecular formula is C17H27N3O2. The molecule has 0 saturated carbocycles. The van der Waals surface area contributed by atoms with E-state index in [0.29, 0.717) is 24.3 Å². The van der Waals surface area contributed by atoms with E-state index in [4.69, 9.17) is 0 Å². The first-order valence-corrected chi connectivity index (χ1v) is 8.01. The molecule has 2 amide bonds. The van der Waals surface area contributed by atoms with Crippen LogP contribution in [-0.4, -0.2) is 42.9 Å². The highest BCUT2D eigenvalue weighted by Gasteiger charge is 2.08. The topological polar surface area (TPSA) is 61.4 Å². The van der Waals surface area contributed by atoms with Gasteiger partial charge in [-0.3, -0.25) is 14.5 Å². The summed E-state index contributed by atoms with van der Waals surface area (Å²) in [6.07, 6.45) is 2.03. The number of hydrogen-bond donors (Lipinski definition) is 2. The third kappa shape index (κ3) is 6.26. The van der Waals surface area contributed by atoms with E-state index in [1.165, 1.54) is 0 Å². The average molecular weight is 305 g/mol. The molecule has 1 aromatic carbocycles. The summed E-state index contributed by atoms with van der Waals surface area (Å²) < 4.78 is 0. The zero-order valence-electron chi connectivity index (χ0n) is 13.8. The molecule has 0 spiro atoms. The predicted octanol–water partition coefficient (Wildman–Crippen LogP) is 2.50. The van der Waals surface area contributed by atoms with Crippen LogP contribution in [0.3, 0.4) is 0 Å². The fourth-order valence-electron chi connectivity index (χ4n) is 2.04. The van der Waals surface area contributed by atoms with E-state index in [9.17, 15) is 9.59 Å². The van der Waals surface area contributed by atoms with Gasteiger partial charge in [0.25, 0.3) is 5.91 Å². The number of carbonyl (C=O) groups is 2. The maximum atomic E-state index is 11.9. The molecule has 0 radical (unpaired) electrons. The Kier molecular flexibility index (Phi) is 8.22. The molecule has 0 aliphatic heterocycles. The van der Waals surface area contributed by atoms with Gasteiger partial charge in [-0.2, -0.15) is 0 Å². The van der Waals surface area contributed by atoms with Crippen molar-refractivity contribution in [3.8, 4) is 0 Å². The average Bonchev–Trinajstić information content (AvgIpc) is 2.53. The van der Waals surface area contributed by atoms with Crippen LogP contribution in [0.2, 0.25) is 0 Å². The minimum absolute atomic E-state index is 0.0381. The number of nitrogens with zero attached hydrogens (tertiary/aromatic N) is 1. The molecule has 0 fully saturated rings. The first-order chi connectivity index (χ1) is 10.6. The van der Waals surface area contributed by atoms with E-state index in [2.05, 4.69) is 17.6 Å². The SMILES string of the molecule is CCCCNC(=O)c1ccc(NC(=O)CN(CC)CC)cc1. The first-order valence-electron chi connectivity index (χ1n) is 8.01. The molecule has 5 heteroatoms. The van der Waals surface area contributed by atoms with Crippen molar-refractivity contribution in [1.82, 2.24) is 10.2 Å². The summed E-state index contributed by atoms with van der Waals surface area (Å²) in [7, 11) is 0. The fourth-order valence-corrected chi connectivity index (χ4v) is 2.04. The van der Waals surface area contributed by atoms with Gasteiger partial charge in [0.1, 0.15) is 0 Å². The normalized spacial score (nSPS) is 10.5. The van der Waals surface area contributed by atoms with Gasteiger partial charge in [-0.25, -0.2) is 0 Å². The number of hydrogen-bond acceptors (Lipinski definition) is 3. The molecule has 1 aromatic rings. The maximum Gasteiger partial charge on any atom is 0.251 e. The molecule has 0 saturated heterocycles. The van der Waals surface area contributed by atoms with Gasteiger partial charge in [0, 0.05) is 17.8 Å². The minimum Gasteiger partial charge on any atom is -0.352 e. The quantitative estimate of drug-likeness (QED) is 0.689. The minimum atomic E-state index is -0.0746. The summed E-state index contributed by atoms with van der Waals surface area (Å²) in [5.41, 5.74) is 1.32. The van der Waals surface area contributed by atoms with Crippen LogP contribution in [0.4, 0.5) is 5.69 Å². The van der Waals surface area contributed by atoms with E-state index in [-0.39, 0.29) is 11.8 Å². The van der Waals surface area contributed by atoms with Gasteiger partial charge in [-0.05, 0) is 43.8 Å². The van der Waals surface area contributed by atoms with Crippen molar-refractivity contribution < 1.29 is 9.59 Å². The summed E-state index contributed by atoms with van der Waals surface area (Å²) in [6.45, 7) is 8.92. The second kappa shape index (κ2) is 9.95. The van der Waals surface area contributed by atoms with Crippen LogP contribution in [0.1, 0.15) is 44.0 Å². The second-order valence-corrected chi connectivity index (χ2v) is 5.20. The number of likely N-dealkylation sites (N-methyl/N-ethyl adjacent to an activating group) is 1. The van der Waals surface area contributed by atoms with Crippen LogP contribution in [0.25, 0.3) is 0 Å². The molecule has 2 N–H and O–H groups in total. The predicted molar refractivity (Wildman–Crippen MR) is 90.1 cm³/mol. The number of unbranched alkanes of at least 4 members (excludes halogenated alkanes) is 1. The van der Waals surface area contributed by atoms with Gasteiger partial charge in [-0.15, -0.1) is 0 Å². The van der Waals surface area contributed by atoms with Crippen molar-refractivity contribution in [2.45, 2.75) is 33.6 Å². The molecule has 0 heterocycles. The van der Waals surface area contributed by atoms with Crippen molar-refractivity contribution in [1.29, 1.82) is 0 Å². The number of rotatable bonds is 9. The third-order valence-electron chi connectivity index (χ3n) is 3.51. The number of benzene rings is 1. The molecule has 1 rings (SSSR count). The molecule has 0 unspecified atom stereocenters. The molecule has 0 atom stereocenters. The number of amides is 2. The molecular weight excluding hydrogens is 278 g/mol. The lowest BCUT2D eigenvalue weighted by molar-refractivity contribution is -0.117. The highest BCUT2D eigenvalue weighted by molar-refractivity contribution is 5.96. The molecule has 5 nitrogen and oxygen atoms in total. The van der Waals surface area contributed by atoms with Crippen LogP contribution >= 0.6 is 0 Å². The molecule has 0 bridgehead atoms. The van der Waals surface area contributed by atoms with Crippen LogP contribution < -0.4 is 10.6 Å². The van der Waals surface area contributed by atoms with Crippen molar-refractivity contribution in [2.24, 2.45) is 0 Å². The first kappa shape index (κ1) is 18.2. The van der Waals surface area contributed by atoms with Gasteiger partial charge in [0.05, 0.1) is 6.54 Å². The van der Waals surface area contributed by atoms with E-state index >= 15 is 0 Å². The Morgan fingerprint density at radius 2 is 1.68 bits per heavy atom. The maximum absolute atomic E-state index is 11.9. The Morgan fingerprint density at radius 3 is 2.23 bits per heavy atom. The highest BCUT2D eigenvalue weighted by atomic mass is 16.2. The van der Waals surface area contributed by atoms with E-state index in [0.717, 1.165) is 25.9 Å². The lowest BCUT2D eigenvalue weighted by Gasteiger charge is -2.17. The number of carbonyl (C=O) groups excluding carboxylic acids is 2. The molecule has 0 aliphatic carbocycles. The number of nitrogens with one attached hydrogen (secondary N) is 2. The second-order valence-electron chi connectivity index (χ2n) is 5.20. The van der Waals surface area contributed by atoms with Crippen molar-refractivity contribution in [2.75, 3.05) is 31.5 Å². The van der Waals surface area contributed by atoms with Crippen LogP contribution in [0.5, 0.6) is 0 Å². The molecule has 0 aliphatic rings. The standard InChI is InChI=1S/C17H27N3O2/c1-4-7-12-18-17(22)14-8-10-15(11-9-14)19-16(21)13-20(5-2)6-3/h8-11H,4-7,12-13H2,1-3H3,(H,18,22)(H,19,21). The Bertz CT molecular complexity index is 467. The van der Waals surface area contributed by atoms with E-state index in [1.54, 1.807) is 24.3 Å². The van der Waals surface area contributed by atoms with Crippen molar-refractivity contribution >= 4 is 17.5 Å². The Balaban J connectivity index is 2.50. The Morgan fingerprint density at radius 1 is 1.05 bits per heavy atom. The van der Waals surface area contributed by atoms with Crippen LogP contribution in [0, 0.1) is 0 Å². The van der Waals surface area contributed by atoms with E-state index < -0.39 is 0 Å². The van der Waals surface area contributed by atoms with Gasteiger partial charge in [0.2, 0.25) is 5.91 Å². The summed E-state index contributed by atoms with van der Waals surface area (Å²) in [4.78, 5) is 25.8. The van der Waals surface area contributed by atoms with Gasteiger partial charge in [-0.1, -0.05) is 27.2 Å². The van der Waals surface area contributed by atoms with Gasteiger partial charge in [0.15, 0.2) is 0 Å². The van der Waals surface area contributed by atoms with E-state index in [1.807, 2.05) is 18.7 Å². The van der Waals surface area contributed by atoms with Crippen molar-refractivity contribution in [3.05, 3.63) is 29.8 Å². The van der Waals surface area contributed by atoms with Gasteiger partial charge >= 0.3 is 0 Å². The summed E-state index contributed by atoms with van der Waals surface area (Å²) in [6, 6.07) is 6.98. The monoisotopic (exact) mass is 305 g/mol. The Labute approximate surface area is 133 Å². The van der Waals surface area contributed by atoms with Crippen molar-refractivity contribution in [3.63, 3.8) is 0 Å². The largest absolute Gasteiger partial charge is 0.352 e. The molecule has 122 valence electrons. The lowest BCUT2D eigenvalue weighted by Crippen LogP contribution is -2.32. The smallest absolute Gasteiger partial charge is 0.251 e. The summed E-state index contributed by atoms with van der Waals surface area (Å²) in [5, 5.41) is 5.72. The third-order valence-corrected chi connectivity index (χ3v) is 3.51.